The third-order valence-corrected chi connectivity index (χ3v) is 4.92. The molecule has 0 bridgehead atoms. The number of amides is 1. The van der Waals surface area contributed by atoms with E-state index in [1.807, 2.05) is 53.9 Å². The van der Waals surface area contributed by atoms with E-state index in [-0.39, 0.29) is 5.91 Å². The molecule has 4 aromatic rings. The molecule has 0 saturated heterocycles. The van der Waals surface area contributed by atoms with Gasteiger partial charge in [0.25, 0.3) is 5.91 Å². The Balaban J connectivity index is 1.39. The highest BCUT2D eigenvalue weighted by atomic mass is 32.1. The normalized spacial score (nSPS) is 10.4. The molecule has 1 amide bonds. The smallest absolute Gasteiger partial charge is 0.251 e. The van der Waals surface area contributed by atoms with Crippen molar-refractivity contribution in [1.82, 2.24) is 15.3 Å². The zero-order chi connectivity index (χ0) is 19.2. The standard InChI is InChI=1S/C22H17N3O2S/c26-21(17-5-4-8-20(13-17)27-19-6-2-1-3-7-19)24-14-18-15-28-22(25-18)16-9-11-23-12-10-16/h1-13,15H,14H2,(H,24,26). The zero-order valence-corrected chi connectivity index (χ0v) is 15.7. The van der Waals surface area contributed by atoms with Gasteiger partial charge in [-0.15, -0.1) is 11.3 Å². The summed E-state index contributed by atoms with van der Waals surface area (Å²) in [6, 6.07) is 20.4. The van der Waals surface area contributed by atoms with Crippen LogP contribution in [0.25, 0.3) is 10.6 Å². The number of carbonyl (C=O) groups is 1. The van der Waals surface area contributed by atoms with Crippen LogP contribution in [0.1, 0.15) is 16.1 Å². The number of hydrogen-bond acceptors (Lipinski definition) is 5. The number of aromatic nitrogens is 2. The monoisotopic (exact) mass is 387 g/mol. The number of benzene rings is 2. The number of para-hydroxylation sites is 1. The second-order valence-electron chi connectivity index (χ2n) is 6.01. The van der Waals surface area contributed by atoms with Gasteiger partial charge in [0.05, 0.1) is 12.2 Å². The molecule has 0 atom stereocenters. The fourth-order valence-electron chi connectivity index (χ4n) is 2.61. The van der Waals surface area contributed by atoms with Gasteiger partial charge in [0, 0.05) is 28.9 Å². The minimum Gasteiger partial charge on any atom is -0.457 e. The molecule has 4 rings (SSSR count). The van der Waals surface area contributed by atoms with Gasteiger partial charge in [-0.05, 0) is 42.5 Å². The van der Waals surface area contributed by atoms with Gasteiger partial charge in [-0.2, -0.15) is 0 Å². The summed E-state index contributed by atoms with van der Waals surface area (Å²) >= 11 is 1.54. The van der Waals surface area contributed by atoms with E-state index >= 15 is 0 Å². The summed E-state index contributed by atoms with van der Waals surface area (Å²) in [5.41, 5.74) is 2.38. The number of ether oxygens (including phenoxy) is 1. The van der Waals surface area contributed by atoms with Crippen molar-refractivity contribution < 1.29 is 9.53 Å². The predicted molar refractivity (Wildman–Crippen MR) is 109 cm³/mol. The summed E-state index contributed by atoms with van der Waals surface area (Å²) in [5, 5.41) is 5.77. The minimum absolute atomic E-state index is 0.169. The SMILES string of the molecule is O=C(NCc1csc(-c2ccncc2)n1)c1cccc(Oc2ccccc2)c1. The van der Waals surface area contributed by atoms with Crippen LogP contribution < -0.4 is 10.1 Å². The van der Waals surface area contributed by atoms with Crippen LogP contribution in [0.3, 0.4) is 0 Å². The topological polar surface area (TPSA) is 64.1 Å². The van der Waals surface area contributed by atoms with E-state index in [2.05, 4.69) is 15.3 Å². The molecular weight excluding hydrogens is 370 g/mol. The Morgan fingerprint density at radius 3 is 2.57 bits per heavy atom. The average Bonchev–Trinajstić information content (AvgIpc) is 3.23. The second-order valence-corrected chi connectivity index (χ2v) is 6.86. The van der Waals surface area contributed by atoms with E-state index in [4.69, 9.17) is 4.74 Å². The molecule has 138 valence electrons. The summed E-state index contributed by atoms with van der Waals surface area (Å²) in [6.45, 7) is 0.365. The van der Waals surface area contributed by atoms with Gasteiger partial charge in [-0.25, -0.2) is 4.98 Å². The fraction of sp³-hybridized carbons (Fsp3) is 0.0455. The van der Waals surface area contributed by atoms with Gasteiger partial charge in [0.2, 0.25) is 0 Å². The van der Waals surface area contributed by atoms with Crippen LogP contribution in [-0.4, -0.2) is 15.9 Å². The minimum atomic E-state index is -0.169. The number of hydrogen-bond donors (Lipinski definition) is 1. The Morgan fingerprint density at radius 2 is 1.75 bits per heavy atom. The van der Waals surface area contributed by atoms with E-state index in [1.165, 1.54) is 0 Å². The molecular formula is C22H17N3O2S. The van der Waals surface area contributed by atoms with Crippen LogP contribution in [0, 0.1) is 0 Å². The lowest BCUT2D eigenvalue weighted by molar-refractivity contribution is 0.0950. The third-order valence-electron chi connectivity index (χ3n) is 3.98. The molecule has 1 N–H and O–H groups in total. The van der Waals surface area contributed by atoms with Crippen molar-refractivity contribution in [1.29, 1.82) is 0 Å². The summed E-state index contributed by atoms with van der Waals surface area (Å²) in [4.78, 5) is 21.1. The van der Waals surface area contributed by atoms with Crippen LogP contribution in [0.2, 0.25) is 0 Å². The highest BCUT2D eigenvalue weighted by molar-refractivity contribution is 7.13. The maximum Gasteiger partial charge on any atom is 0.251 e. The Labute approximate surface area is 166 Å². The first-order valence-corrected chi connectivity index (χ1v) is 9.62. The van der Waals surface area contributed by atoms with Crippen molar-refractivity contribution in [2.45, 2.75) is 6.54 Å². The Morgan fingerprint density at radius 1 is 0.964 bits per heavy atom. The molecule has 0 radical (unpaired) electrons. The highest BCUT2D eigenvalue weighted by Crippen LogP contribution is 2.23. The van der Waals surface area contributed by atoms with Crippen LogP contribution >= 0.6 is 11.3 Å². The lowest BCUT2D eigenvalue weighted by atomic mass is 10.2. The molecule has 2 aromatic heterocycles. The van der Waals surface area contributed by atoms with E-state index in [9.17, 15) is 4.79 Å². The first-order chi connectivity index (χ1) is 13.8. The highest BCUT2D eigenvalue weighted by Gasteiger charge is 2.09. The summed E-state index contributed by atoms with van der Waals surface area (Å²) < 4.78 is 5.79. The number of carbonyl (C=O) groups excluding carboxylic acids is 1. The molecule has 0 saturated carbocycles. The molecule has 2 aromatic carbocycles. The van der Waals surface area contributed by atoms with Crippen molar-refractivity contribution in [3.63, 3.8) is 0 Å². The van der Waals surface area contributed by atoms with Gasteiger partial charge in [0.1, 0.15) is 16.5 Å². The molecule has 5 nitrogen and oxygen atoms in total. The number of pyridine rings is 1. The largest absolute Gasteiger partial charge is 0.457 e. The molecule has 0 aliphatic carbocycles. The molecule has 0 aliphatic rings. The van der Waals surface area contributed by atoms with Crippen molar-refractivity contribution in [3.05, 3.63) is 95.8 Å². The summed E-state index contributed by atoms with van der Waals surface area (Å²) in [6.07, 6.45) is 3.48. The van der Waals surface area contributed by atoms with E-state index in [1.54, 1.807) is 41.9 Å². The molecule has 0 fully saturated rings. The summed E-state index contributed by atoms with van der Waals surface area (Å²) in [5.74, 6) is 1.18. The van der Waals surface area contributed by atoms with Crippen LogP contribution in [0.4, 0.5) is 0 Å². The van der Waals surface area contributed by atoms with Crippen LogP contribution in [0.15, 0.2) is 84.5 Å². The maximum atomic E-state index is 12.5. The number of thiazole rings is 1. The molecule has 2 heterocycles. The number of nitrogens with zero attached hydrogens (tertiary/aromatic N) is 2. The second kappa shape index (κ2) is 8.45. The van der Waals surface area contributed by atoms with Crippen LogP contribution in [-0.2, 0) is 6.54 Å². The van der Waals surface area contributed by atoms with E-state index in [0.717, 1.165) is 22.0 Å². The zero-order valence-electron chi connectivity index (χ0n) is 14.9. The summed E-state index contributed by atoms with van der Waals surface area (Å²) in [7, 11) is 0. The average molecular weight is 387 g/mol. The van der Waals surface area contributed by atoms with Crippen molar-refractivity contribution in [2.24, 2.45) is 0 Å². The van der Waals surface area contributed by atoms with Crippen LogP contribution in [0.5, 0.6) is 11.5 Å². The lowest BCUT2D eigenvalue weighted by Gasteiger charge is -2.08. The van der Waals surface area contributed by atoms with E-state index < -0.39 is 0 Å². The number of nitrogens with one attached hydrogen (secondary N) is 1. The Kier molecular flexibility index (Phi) is 5.40. The van der Waals surface area contributed by atoms with Gasteiger partial charge < -0.3 is 10.1 Å². The van der Waals surface area contributed by atoms with E-state index in [0.29, 0.717) is 17.9 Å². The molecule has 6 heteroatoms. The van der Waals surface area contributed by atoms with Crippen molar-refractivity contribution >= 4 is 17.2 Å². The fourth-order valence-corrected chi connectivity index (χ4v) is 3.44. The molecule has 0 aliphatic heterocycles. The first-order valence-electron chi connectivity index (χ1n) is 8.74. The molecule has 28 heavy (non-hydrogen) atoms. The number of rotatable bonds is 6. The van der Waals surface area contributed by atoms with Crippen molar-refractivity contribution in [3.8, 4) is 22.1 Å². The lowest BCUT2D eigenvalue weighted by Crippen LogP contribution is -2.22. The Hall–Kier alpha value is -3.51. The van der Waals surface area contributed by atoms with Crippen molar-refractivity contribution in [2.75, 3.05) is 0 Å². The molecule has 0 unspecified atom stereocenters. The maximum absolute atomic E-state index is 12.5. The first kappa shape index (κ1) is 17.9. The Bertz CT molecular complexity index is 1070. The van der Waals surface area contributed by atoms with Gasteiger partial charge >= 0.3 is 0 Å². The quantitative estimate of drug-likeness (QED) is 0.510. The van der Waals surface area contributed by atoms with Gasteiger partial charge in [-0.1, -0.05) is 24.3 Å². The molecule has 0 spiro atoms. The van der Waals surface area contributed by atoms with Gasteiger partial charge in [-0.3, -0.25) is 9.78 Å². The predicted octanol–water partition coefficient (Wildman–Crippen LogP) is 4.93. The van der Waals surface area contributed by atoms with Gasteiger partial charge in [0.15, 0.2) is 0 Å². The third kappa shape index (κ3) is 4.42.